The van der Waals surface area contributed by atoms with E-state index in [9.17, 15) is 18.0 Å². The van der Waals surface area contributed by atoms with Crippen LogP contribution in [0.15, 0.2) is 29.3 Å². The molecule has 0 aliphatic carbocycles. The van der Waals surface area contributed by atoms with Crippen LogP contribution < -0.4 is 0 Å². The first-order valence-corrected chi connectivity index (χ1v) is 3.80. The number of nitrogens with zero attached hydrogens (tertiary/aromatic N) is 1. The minimum atomic E-state index is -4.46. The van der Waals surface area contributed by atoms with Crippen molar-refractivity contribution in [2.24, 2.45) is 4.99 Å². The minimum Gasteiger partial charge on any atom is -0.210 e. The molecule has 0 fully saturated rings. The molecule has 0 unspecified atom stereocenters. The lowest BCUT2D eigenvalue weighted by Gasteiger charge is -2.07. The lowest BCUT2D eigenvalue weighted by atomic mass is 10.1. The normalized spacial score (nSPS) is 9.80. The second-order valence-electron chi connectivity index (χ2n) is 2.48. The summed E-state index contributed by atoms with van der Waals surface area (Å²) in [5, 5.41) is 0. The van der Waals surface area contributed by atoms with Crippen molar-refractivity contribution < 1.29 is 18.0 Å². The molecular weight excluding hydrogens is 207 g/mol. The summed E-state index contributed by atoms with van der Waals surface area (Å²) in [6.45, 7) is 0. The van der Waals surface area contributed by atoms with Gasteiger partial charge in [0.2, 0.25) is 6.08 Å². The molecule has 1 aromatic carbocycles. The minimum absolute atomic E-state index is 0.219. The molecule has 0 spiro atoms. The zero-order chi connectivity index (χ0) is 11.3. The molecule has 0 aliphatic heterocycles. The lowest BCUT2D eigenvalue weighted by molar-refractivity contribution is -0.137. The van der Waals surface area contributed by atoms with Gasteiger partial charge in [-0.3, -0.25) is 0 Å². The smallest absolute Gasteiger partial charge is 0.210 e. The summed E-state index contributed by atoms with van der Waals surface area (Å²) < 4.78 is 37.1. The van der Waals surface area contributed by atoms with Gasteiger partial charge in [-0.2, -0.15) is 13.2 Å². The molecule has 0 N–H and O–H groups in total. The summed E-state index contributed by atoms with van der Waals surface area (Å²) in [5.41, 5.74) is -1.07. The third kappa shape index (κ3) is 2.97. The van der Waals surface area contributed by atoms with Crippen molar-refractivity contribution in [2.75, 3.05) is 0 Å². The fourth-order valence-electron chi connectivity index (χ4n) is 0.950. The lowest BCUT2D eigenvalue weighted by Crippen LogP contribution is -2.07. The van der Waals surface area contributed by atoms with Crippen LogP contribution in [0.5, 0.6) is 0 Å². The van der Waals surface area contributed by atoms with Gasteiger partial charge in [0.05, 0.1) is 11.6 Å². The standard InChI is InChI=1S/C10H4F3NO/c11-10(12,13)9-4-2-1-3-8(9)5-6-14-7-15/h1-4H. The molecule has 0 saturated heterocycles. The van der Waals surface area contributed by atoms with Crippen molar-refractivity contribution in [3.8, 4) is 12.0 Å². The highest BCUT2D eigenvalue weighted by Crippen LogP contribution is 2.31. The van der Waals surface area contributed by atoms with Crippen LogP contribution in [0.2, 0.25) is 0 Å². The van der Waals surface area contributed by atoms with Crippen molar-refractivity contribution >= 4 is 6.08 Å². The van der Waals surface area contributed by atoms with Gasteiger partial charge >= 0.3 is 6.18 Å². The van der Waals surface area contributed by atoms with Crippen LogP contribution in [0.3, 0.4) is 0 Å². The zero-order valence-corrected chi connectivity index (χ0v) is 7.30. The van der Waals surface area contributed by atoms with Gasteiger partial charge in [-0.1, -0.05) is 12.1 Å². The maximum absolute atomic E-state index is 12.4. The van der Waals surface area contributed by atoms with Crippen LogP contribution in [0.4, 0.5) is 13.2 Å². The third-order valence-electron chi connectivity index (χ3n) is 1.52. The van der Waals surface area contributed by atoms with Gasteiger partial charge in [0.25, 0.3) is 0 Å². The largest absolute Gasteiger partial charge is 0.417 e. The van der Waals surface area contributed by atoms with E-state index in [1.54, 1.807) is 0 Å². The summed E-state index contributed by atoms with van der Waals surface area (Å²) in [5.74, 6) is 2.12. The number of hydrogen-bond donors (Lipinski definition) is 0. The molecule has 0 amide bonds. The molecule has 0 saturated carbocycles. The highest BCUT2D eigenvalue weighted by Gasteiger charge is 2.32. The van der Waals surface area contributed by atoms with Gasteiger partial charge in [0, 0.05) is 5.56 Å². The number of rotatable bonds is 0. The number of carbonyl (C=O) groups excluding carboxylic acids is 1. The highest BCUT2D eigenvalue weighted by molar-refractivity contribution is 5.44. The number of hydrogen-bond acceptors (Lipinski definition) is 2. The quantitative estimate of drug-likeness (QED) is 0.368. The predicted molar refractivity (Wildman–Crippen MR) is 46.4 cm³/mol. The molecular formula is C10H4F3NO. The highest BCUT2D eigenvalue weighted by atomic mass is 19.4. The second-order valence-corrected chi connectivity index (χ2v) is 2.48. The van der Waals surface area contributed by atoms with E-state index in [0.29, 0.717) is 0 Å². The number of benzene rings is 1. The van der Waals surface area contributed by atoms with Crippen LogP contribution in [0.25, 0.3) is 0 Å². The van der Waals surface area contributed by atoms with Gasteiger partial charge in [0.1, 0.15) is 0 Å². The molecule has 0 heterocycles. The van der Waals surface area contributed by atoms with Gasteiger partial charge in [-0.15, -0.1) is 4.99 Å². The monoisotopic (exact) mass is 211 g/mol. The van der Waals surface area contributed by atoms with Gasteiger partial charge < -0.3 is 0 Å². The van der Waals surface area contributed by atoms with E-state index in [2.05, 4.69) is 10.9 Å². The first-order chi connectivity index (χ1) is 7.05. The van der Waals surface area contributed by atoms with Crippen molar-refractivity contribution in [1.29, 1.82) is 0 Å². The molecule has 0 radical (unpaired) electrons. The maximum Gasteiger partial charge on any atom is 0.417 e. The number of halogens is 3. The Bertz CT molecular complexity index is 462. The Morgan fingerprint density at radius 2 is 1.87 bits per heavy atom. The van der Waals surface area contributed by atoms with E-state index >= 15 is 0 Å². The predicted octanol–water partition coefficient (Wildman–Crippen LogP) is 2.35. The second kappa shape index (κ2) is 4.45. The Kier molecular flexibility index (Phi) is 3.27. The molecule has 0 aromatic heterocycles. The molecule has 76 valence electrons. The van der Waals surface area contributed by atoms with E-state index in [-0.39, 0.29) is 5.56 Å². The average molecular weight is 211 g/mol. The maximum atomic E-state index is 12.4. The van der Waals surface area contributed by atoms with Gasteiger partial charge in [-0.05, 0) is 18.1 Å². The van der Waals surface area contributed by atoms with Gasteiger partial charge in [-0.25, -0.2) is 4.79 Å². The van der Waals surface area contributed by atoms with Crippen molar-refractivity contribution in [2.45, 2.75) is 6.18 Å². The molecule has 1 rings (SSSR count). The molecule has 0 bridgehead atoms. The van der Waals surface area contributed by atoms with Crippen molar-refractivity contribution in [3.63, 3.8) is 0 Å². The Balaban J connectivity index is 3.20. The number of alkyl halides is 3. The SMILES string of the molecule is O=C=NC#Cc1ccccc1C(F)(F)F. The summed E-state index contributed by atoms with van der Waals surface area (Å²) in [4.78, 5) is 12.5. The van der Waals surface area contributed by atoms with Crippen molar-refractivity contribution in [1.82, 2.24) is 0 Å². The summed E-state index contributed by atoms with van der Waals surface area (Å²) >= 11 is 0. The molecule has 15 heavy (non-hydrogen) atoms. The first kappa shape index (κ1) is 11.0. The Labute approximate surface area is 83.4 Å². The summed E-state index contributed by atoms with van der Waals surface area (Å²) in [6.07, 6.45) is -3.35. The first-order valence-electron chi connectivity index (χ1n) is 3.80. The van der Waals surface area contributed by atoms with E-state index < -0.39 is 11.7 Å². The summed E-state index contributed by atoms with van der Waals surface area (Å²) in [6, 6.07) is 6.71. The topological polar surface area (TPSA) is 29.4 Å². The number of isocyanates is 1. The van der Waals surface area contributed by atoms with E-state index in [0.717, 1.165) is 12.1 Å². The van der Waals surface area contributed by atoms with E-state index in [4.69, 9.17) is 0 Å². The molecule has 2 nitrogen and oxygen atoms in total. The molecule has 0 aliphatic rings. The van der Waals surface area contributed by atoms with E-state index in [1.165, 1.54) is 18.2 Å². The Hall–Kier alpha value is -2.05. The van der Waals surface area contributed by atoms with Crippen LogP contribution in [-0.4, -0.2) is 6.08 Å². The zero-order valence-electron chi connectivity index (χ0n) is 7.30. The Morgan fingerprint density at radius 3 is 2.47 bits per heavy atom. The molecule has 0 atom stereocenters. The molecule has 5 heteroatoms. The third-order valence-corrected chi connectivity index (χ3v) is 1.52. The molecule has 1 aromatic rings. The van der Waals surface area contributed by atoms with Crippen LogP contribution >= 0.6 is 0 Å². The van der Waals surface area contributed by atoms with E-state index in [1.807, 2.05) is 6.04 Å². The van der Waals surface area contributed by atoms with Gasteiger partial charge in [0.15, 0.2) is 0 Å². The van der Waals surface area contributed by atoms with Crippen LogP contribution in [0.1, 0.15) is 11.1 Å². The average Bonchev–Trinajstić information content (AvgIpc) is 2.17. The number of aliphatic imine (C=N–C) groups is 1. The van der Waals surface area contributed by atoms with Crippen LogP contribution in [-0.2, 0) is 11.0 Å². The van der Waals surface area contributed by atoms with Crippen LogP contribution in [0, 0.1) is 12.0 Å². The van der Waals surface area contributed by atoms with Crippen molar-refractivity contribution in [3.05, 3.63) is 35.4 Å². The fraction of sp³-hybridized carbons (Fsp3) is 0.100. The summed E-state index contributed by atoms with van der Waals surface area (Å²) in [7, 11) is 0. The Morgan fingerprint density at radius 1 is 1.20 bits per heavy atom. The fourth-order valence-corrected chi connectivity index (χ4v) is 0.950.